The number of aryl methyl sites for hydroxylation is 1. The van der Waals surface area contributed by atoms with E-state index in [1.54, 1.807) is 11.8 Å². The maximum atomic E-state index is 12.4. The van der Waals surface area contributed by atoms with E-state index < -0.39 is 0 Å². The zero-order valence-corrected chi connectivity index (χ0v) is 16.6. The molecule has 0 aliphatic carbocycles. The minimum atomic E-state index is -0.0605. The van der Waals surface area contributed by atoms with Gasteiger partial charge in [-0.25, -0.2) is 0 Å². The number of pyridine rings is 1. The molecule has 0 atom stereocenters. The lowest BCUT2D eigenvalue weighted by Gasteiger charge is -2.09. The average molecular weight is 395 g/mol. The van der Waals surface area contributed by atoms with Gasteiger partial charge in [-0.1, -0.05) is 42.1 Å². The zero-order valence-electron chi connectivity index (χ0n) is 15.0. The molecule has 0 aliphatic heterocycles. The van der Waals surface area contributed by atoms with Crippen LogP contribution >= 0.6 is 23.5 Å². The molecule has 0 saturated carbocycles. The number of aromatic nitrogens is 3. The molecule has 1 amide bonds. The van der Waals surface area contributed by atoms with Crippen LogP contribution in [0.5, 0.6) is 0 Å². The van der Waals surface area contributed by atoms with Crippen molar-refractivity contribution in [3.63, 3.8) is 0 Å². The first-order valence-electron chi connectivity index (χ1n) is 8.46. The Kier molecular flexibility index (Phi) is 5.05. The molecular weight excluding hydrogens is 376 g/mol. The monoisotopic (exact) mass is 394 g/mol. The highest BCUT2D eigenvalue weighted by molar-refractivity contribution is 7.99. The number of carbonyl (C=O) groups excluding carboxylic acids is 1. The lowest BCUT2D eigenvalue weighted by molar-refractivity contribution is -0.113. The Morgan fingerprint density at radius 1 is 1.11 bits per heavy atom. The van der Waals surface area contributed by atoms with Crippen molar-refractivity contribution in [1.29, 1.82) is 0 Å². The summed E-state index contributed by atoms with van der Waals surface area (Å²) in [5.41, 5.74) is 3.84. The van der Waals surface area contributed by atoms with Crippen LogP contribution in [0.4, 0.5) is 5.69 Å². The second-order valence-electron chi connectivity index (χ2n) is 6.06. The van der Waals surface area contributed by atoms with Gasteiger partial charge in [-0.05, 0) is 43.0 Å². The molecule has 0 saturated heterocycles. The second-order valence-corrected chi connectivity index (χ2v) is 7.85. The van der Waals surface area contributed by atoms with E-state index in [0.29, 0.717) is 0 Å². The molecule has 0 unspecified atom stereocenters. The minimum absolute atomic E-state index is 0.0605. The molecule has 1 N–H and O–H groups in total. The lowest BCUT2D eigenvalue weighted by Crippen LogP contribution is -2.14. The predicted octanol–water partition coefficient (Wildman–Crippen LogP) is 4.64. The van der Waals surface area contributed by atoms with Gasteiger partial charge in [0.2, 0.25) is 5.91 Å². The summed E-state index contributed by atoms with van der Waals surface area (Å²) in [6.45, 7) is 2.07. The zero-order chi connectivity index (χ0) is 18.8. The third-order valence-electron chi connectivity index (χ3n) is 4.29. The number of amides is 1. The topological polar surface area (TPSA) is 59.3 Å². The summed E-state index contributed by atoms with van der Waals surface area (Å²) < 4.78 is 2.01. The molecule has 2 aromatic heterocycles. The molecule has 136 valence electrons. The Labute approximate surface area is 165 Å². The molecule has 0 bridgehead atoms. The van der Waals surface area contributed by atoms with Gasteiger partial charge in [0.25, 0.3) is 0 Å². The van der Waals surface area contributed by atoms with Gasteiger partial charge in [0.05, 0.1) is 17.0 Å². The van der Waals surface area contributed by atoms with Gasteiger partial charge in [0, 0.05) is 10.3 Å². The fourth-order valence-corrected chi connectivity index (χ4v) is 4.34. The molecule has 0 radical (unpaired) electrons. The van der Waals surface area contributed by atoms with Crippen LogP contribution in [-0.2, 0) is 4.79 Å². The smallest absolute Gasteiger partial charge is 0.234 e. The Bertz CT molecular complexity index is 1140. The fourth-order valence-electron chi connectivity index (χ4n) is 3.03. The second kappa shape index (κ2) is 7.62. The lowest BCUT2D eigenvalue weighted by atomic mass is 10.1. The molecule has 0 fully saturated rings. The highest BCUT2D eigenvalue weighted by Crippen LogP contribution is 2.27. The summed E-state index contributed by atoms with van der Waals surface area (Å²) in [5.74, 6) is 0.209. The third kappa shape index (κ3) is 3.52. The summed E-state index contributed by atoms with van der Waals surface area (Å²) in [6, 6.07) is 18.0. The maximum Gasteiger partial charge on any atom is 0.234 e. The molecule has 0 aliphatic rings. The van der Waals surface area contributed by atoms with Crippen molar-refractivity contribution >= 4 is 51.7 Å². The first-order chi connectivity index (χ1) is 13.2. The van der Waals surface area contributed by atoms with Gasteiger partial charge < -0.3 is 5.32 Å². The first kappa shape index (κ1) is 17.9. The molecule has 2 heterocycles. The largest absolute Gasteiger partial charge is 0.324 e. The Morgan fingerprint density at radius 2 is 1.89 bits per heavy atom. The van der Waals surface area contributed by atoms with Crippen LogP contribution < -0.4 is 5.32 Å². The first-order valence-corrected chi connectivity index (χ1v) is 10.7. The SMILES string of the molecule is CSc1ccccc1NC(=O)CSc1nnc2cc(C)c3ccccc3n12. The van der Waals surface area contributed by atoms with Crippen LogP contribution in [0.2, 0.25) is 0 Å². The van der Waals surface area contributed by atoms with Crippen LogP contribution in [-0.4, -0.2) is 32.5 Å². The van der Waals surface area contributed by atoms with Crippen molar-refractivity contribution in [1.82, 2.24) is 14.6 Å². The van der Waals surface area contributed by atoms with E-state index in [1.165, 1.54) is 11.8 Å². The van der Waals surface area contributed by atoms with Crippen molar-refractivity contribution in [3.05, 3.63) is 60.2 Å². The fraction of sp³-hybridized carbons (Fsp3) is 0.150. The van der Waals surface area contributed by atoms with E-state index in [4.69, 9.17) is 0 Å². The number of benzene rings is 2. The van der Waals surface area contributed by atoms with Gasteiger partial charge in [-0.15, -0.1) is 22.0 Å². The predicted molar refractivity (Wildman–Crippen MR) is 113 cm³/mol. The van der Waals surface area contributed by atoms with E-state index in [1.807, 2.05) is 53.1 Å². The van der Waals surface area contributed by atoms with Crippen molar-refractivity contribution in [2.45, 2.75) is 17.0 Å². The molecular formula is C20H18N4OS2. The molecule has 4 aromatic rings. The van der Waals surface area contributed by atoms with Crippen LogP contribution in [0.15, 0.2) is 64.6 Å². The van der Waals surface area contributed by atoms with Crippen LogP contribution in [0, 0.1) is 6.92 Å². The molecule has 7 heteroatoms. The number of carbonyl (C=O) groups is 1. The highest BCUT2D eigenvalue weighted by atomic mass is 32.2. The number of fused-ring (bicyclic) bond motifs is 3. The molecule has 2 aromatic carbocycles. The van der Waals surface area contributed by atoms with E-state index >= 15 is 0 Å². The molecule has 0 spiro atoms. The summed E-state index contributed by atoms with van der Waals surface area (Å²) in [6.07, 6.45) is 2.00. The number of thioether (sulfide) groups is 2. The van der Waals surface area contributed by atoms with Crippen LogP contribution in [0.25, 0.3) is 16.6 Å². The number of nitrogens with one attached hydrogen (secondary N) is 1. The van der Waals surface area contributed by atoms with Crippen molar-refractivity contribution in [2.75, 3.05) is 17.3 Å². The maximum absolute atomic E-state index is 12.4. The summed E-state index contributed by atoms with van der Waals surface area (Å²) in [5, 5.41) is 13.4. The Morgan fingerprint density at radius 3 is 2.74 bits per heavy atom. The number of hydrogen-bond donors (Lipinski definition) is 1. The quantitative estimate of drug-likeness (QED) is 0.500. The summed E-state index contributed by atoms with van der Waals surface area (Å²) in [7, 11) is 0. The van der Waals surface area contributed by atoms with Gasteiger partial charge >= 0.3 is 0 Å². The van der Waals surface area contributed by atoms with Gasteiger partial charge in [-0.3, -0.25) is 9.20 Å². The van der Waals surface area contributed by atoms with E-state index in [2.05, 4.69) is 34.6 Å². The Hall–Kier alpha value is -2.51. The van der Waals surface area contributed by atoms with E-state index in [9.17, 15) is 4.79 Å². The van der Waals surface area contributed by atoms with Crippen molar-refractivity contribution in [2.24, 2.45) is 0 Å². The van der Waals surface area contributed by atoms with Gasteiger partial charge in [0.15, 0.2) is 10.8 Å². The van der Waals surface area contributed by atoms with Gasteiger partial charge in [-0.2, -0.15) is 0 Å². The van der Waals surface area contributed by atoms with Crippen molar-refractivity contribution < 1.29 is 4.79 Å². The number of anilines is 1. The molecule has 27 heavy (non-hydrogen) atoms. The number of rotatable bonds is 5. The molecule has 4 rings (SSSR count). The molecule has 5 nitrogen and oxygen atoms in total. The van der Waals surface area contributed by atoms with Crippen LogP contribution in [0.1, 0.15) is 5.56 Å². The van der Waals surface area contributed by atoms with Crippen molar-refractivity contribution in [3.8, 4) is 0 Å². The van der Waals surface area contributed by atoms with E-state index in [-0.39, 0.29) is 11.7 Å². The number of para-hydroxylation sites is 2. The summed E-state index contributed by atoms with van der Waals surface area (Å²) >= 11 is 3.00. The van der Waals surface area contributed by atoms with Gasteiger partial charge in [0.1, 0.15) is 0 Å². The van der Waals surface area contributed by atoms with Crippen LogP contribution in [0.3, 0.4) is 0 Å². The highest BCUT2D eigenvalue weighted by Gasteiger charge is 2.13. The number of hydrogen-bond acceptors (Lipinski definition) is 5. The summed E-state index contributed by atoms with van der Waals surface area (Å²) in [4.78, 5) is 13.5. The van der Waals surface area contributed by atoms with E-state index in [0.717, 1.165) is 37.9 Å². The average Bonchev–Trinajstić information content (AvgIpc) is 3.10. The Balaban J connectivity index is 1.57. The standard InChI is InChI=1S/C20H18N4OS2/c1-13-11-18-22-23-20(24(18)16-9-5-3-7-14(13)16)27-12-19(25)21-15-8-4-6-10-17(15)26-2/h3-11H,12H2,1-2H3,(H,21,25). The third-order valence-corrected chi connectivity index (χ3v) is 6.01. The minimum Gasteiger partial charge on any atom is -0.324 e. The number of nitrogens with zero attached hydrogens (tertiary/aromatic N) is 3. The normalized spacial score (nSPS) is 11.2.